The standard InChI is InChI=1S/C26H25FN2O2/c27-23-14-8-7-13-21(23)17-29-18-22(16-25(29)30)26(31)28-24(20-11-5-2-6-12-20)15-19-9-3-1-4-10-19/h1-14,22,24H,15-18H2,(H,28,31)/t22-,24+/m1/s1. The molecule has 0 aliphatic carbocycles. The molecule has 0 bridgehead atoms. The molecule has 1 aliphatic heterocycles. The van der Waals surface area contributed by atoms with Gasteiger partial charge in [0, 0.05) is 25.1 Å². The normalized spacial score (nSPS) is 16.9. The number of nitrogens with one attached hydrogen (secondary N) is 1. The topological polar surface area (TPSA) is 49.4 Å². The number of rotatable bonds is 7. The third kappa shape index (κ3) is 5.18. The fourth-order valence-electron chi connectivity index (χ4n) is 4.01. The van der Waals surface area contributed by atoms with Gasteiger partial charge in [-0.3, -0.25) is 9.59 Å². The molecular weight excluding hydrogens is 391 g/mol. The van der Waals surface area contributed by atoms with Crippen LogP contribution in [0.5, 0.6) is 0 Å². The van der Waals surface area contributed by atoms with E-state index in [9.17, 15) is 14.0 Å². The number of carbonyl (C=O) groups excluding carboxylic acids is 2. The summed E-state index contributed by atoms with van der Waals surface area (Å²) in [5.41, 5.74) is 2.61. The molecule has 31 heavy (non-hydrogen) atoms. The number of benzene rings is 3. The molecule has 4 nitrogen and oxygen atoms in total. The lowest BCUT2D eigenvalue weighted by Gasteiger charge is -2.22. The van der Waals surface area contributed by atoms with Crippen LogP contribution in [0, 0.1) is 11.7 Å². The summed E-state index contributed by atoms with van der Waals surface area (Å²) in [5, 5.41) is 3.15. The lowest BCUT2D eigenvalue weighted by molar-refractivity contribution is -0.129. The Labute approximate surface area is 181 Å². The summed E-state index contributed by atoms with van der Waals surface area (Å²) in [6.07, 6.45) is 0.809. The zero-order valence-corrected chi connectivity index (χ0v) is 17.2. The van der Waals surface area contributed by atoms with Crippen molar-refractivity contribution in [1.82, 2.24) is 10.2 Å². The number of likely N-dealkylation sites (tertiary alicyclic amines) is 1. The SMILES string of the molecule is O=C(N[C@@H](Cc1ccccc1)c1ccccc1)[C@@H]1CC(=O)N(Cc2ccccc2F)C1. The predicted octanol–water partition coefficient (Wildman–Crippen LogP) is 4.27. The first-order chi connectivity index (χ1) is 15.1. The summed E-state index contributed by atoms with van der Waals surface area (Å²) >= 11 is 0. The molecular formula is C26H25FN2O2. The van der Waals surface area contributed by atoms with Crippen LogP contribution in [0.4, 0.5) is 4.39 Å². The summed E-state index contributed by atoms with van der Waals surface area (Å²) in [7, 11) is 0. The third-order valence-corrected chi connectivity index (χ3v) is 5.71. The van der Waals surface area contributed by atoms with Gasteiger partial charge in [-0.25, -0.2) is 4.39 Å². The molecule has 3 aromatic rings. The van der Waals surface area contributed by atoms with Gasteiger partial charge in [-0.15, -0.1) is 0 Å². The molecule has 158 valence electrons. The van der Waals surface area contributed by atoms with Crippen molar-refractivity contribution in [2.45, 2.75) is 25.4 Å². The molecule has 0 saturated carbocycles. The minimum Gasteiger partial charge on any atom is -0.349 e. The molecule has 0 aromatic heterocycles. The Morgan fingerprint density at radius 2 is 1.61 bits per heavy atom. The van der Waals surface area contributed by atoms with E-state index in [0.717, 1.165) is 11.1 Å². The summed E-state index contributed by atoms with van der Waals surface area (Å²) in [5.74, 6) is -1.05. The van der Waals surface area contributed by atoms with E-state index in [1.54, 1.807) is 23.1 Å². The van der Waals surface area contributed by atoms with Crippen molar-refractivity contribution in [2.24, 2.45) is 5.92 Å². The Bertz CT molecular complexity index is 1040. The van der Waals surface area contributed by atoms with Crippen LogP contribution in [0.15, 0.2) is 84.9 Å². The van der Waals surface area contributed by atoms with Gasteiger partial charge in [0.15, 0.2) is 0 Å². The minimum atomic E-state index is -0.443. The van der Waals surface area contributed by atoms with E-state index in [4.69, 9.17) is 0 Å². The van der Waals surface area contributed by atoms with Gasteiger partial charge >= 0.3 is 0 Å². The van der Waals surface area contributed by atoms with Gasteiger partial charge < -0.3 is 10.2 Å². The second-order valence-corrected chi connectivity index (χ2v) is 7.93. The third-order valence-electron chi connectivity index (χ3n) is 5.71. The molecule has 2 amide bonds. The molecule has 3 aromatic carbocycles. The molecule has 1 N–H and O–H groups in total. The maximum atomic E-state index is 14.0. The van der Waals surface area contributed by atoms with Crippen molar-refractivity contribution in [3.05, 3.63) is 107 Å². The largest absolute Gasteiger partial charge is 0.349 e. The van der Waals surface area contributed by atoms with Gasteiger partial charge in [0.2, 0.25) is 11.8 Å². The highest BCUT2D eigenvalue weighted by atomic mass is 19.1. The smallest absolute Gasteiger partial charge is 0.225 e. The molecule has 1 aliphatic rings. The van der Waals surface area contributed by atoms with Crippen LogP contribution >= 0.6 is 0 Å². The Morgan fingerprint density at radius 3 is 2.32 bits per heavy atom. The van der Waals surface area contributed by atoms with Crippen molar-refractivity contribution in [1.29, 1.82) is 0 Å². The Hall–Kier alpha value is -3.47. The lowest BCUT2D eigenvalue weighted by atomic mass is 9.97. The lowest BCUT2D eigenvalue weighted by Crippen LogP contribution is -2.36. The van der Waals surface area contributed by atoms with E-state index >= 15 is 0 Å². The van der Waals surface area contributed by atoms with Crippen molar-refractivity contribution < 1.29 is 14.0 Å². The highest BCUT2D eigenvalue weighted by Crippen LogP contribution is 2.24. The molecule has 2 atom stereocenters. The quantitative estimate of drug-likeness (QED) is 0.625. The number of halogens is 1. The van der Waals surface area contributed by atoms with Crippen molar-refractivity contribution in [2.75, 3.05) is 6.54 Å². The summed E-state index contributed by atoms with van der Waals surface area (Å²) in [4.78, 5) is 27.1. The number of nitrogens with zero attached hydrogens (tertiary/aromatic N) is 1. The highest BCUT2D eigenvalue weighted by Gasteiger charge is 2.35. The van der Waals surface area contributed by atoms with E-state index in [2.05, 4.69) is 5.32 Å². The first-order valence-corrected chi connectivity index (χ1v) is 10.5. The van der Waals surface area contributed by atoms with Crippen LogP contribution in [-0.2, 0) is 22.6 Å². The molecule has 0 radical (unpaired) electrons. The minimum absolute atomic E-state index is 0.122. The summed E-state index contributed by atoms with van der Waals surface area (Å²) < 4.78 is 14.0. The number of amides is 2. The second-order valence-electron chi connectivity index (χ2n) is 7.93. The summed E-state index contributed by atoms with van der Waals surface area (Å²) in [6.45, 7) is 0.479. The summed E-state index contributed by atoms with van der Waals surface area (Å²) in [6, 6.07) is 26.1. The van der Waals surface area contributed by atoms with Crippen molar-refractivity contribution in [3.63, 3.8) is 0 Å². The molecule has 4 rings (SSSR count). The zero-order chi connectivity index (χ0) is 21.6. The van der Waals surface area contributed by atoms with Gasteiger partial charge in [0.25, 0.3) is 0 Å². The maximum absolute atomic E-state index is 14.0. The number of hydrogen-bond acceptors (Lipinski definition) is 2. The van der Waals surface area contributed by atoms with Gasteiger partial charge in [-0.2, -0.15) is 0 Å². The second kappa shape index (κ2) is 9.56. The van der Waals surface area contributed by atoms with E-state index in [-0.39, 0.29) is 36.6 Å². The molecule has 1 heterocycles. The Morgan fingerprint density at radius 1 is 0.968 bits per heavy atom. The molecule has 0 spiro atoms. The van der Waals surface area contributed by atoms with E-state index < -0.39 is 5.92 Å². The van der Waals surface area contributed by atoms with Crippen LogP contribution in [0.25, 0.3) is 0 Å². The average molecular weight is 416 g/mol. The van der Waals surface area contributed by atoms with Crippen LogP contribution < -0.4 is 5.32 Å². The van der Waals surface area contributed by atoms with Crippen LogP contribution in [0.1, 0.15) is 29.2 Å². The van der Waals surface area contributed by atoms with Gasteiger partial charge in [-0.05, 0) is 23.6 Å². The van der Waals surface area contributed by atoms with E-state index in [1.807, 2.05) is 60.7 Å². The van der Waals surface area contributed by atoms with Crippen LogP contribution in [0.2, 0.25) is 0 Å². The fourth-order valence-corrected chi connectivity index (χ4v) is 4.01. The van der Waals surface area contributed by atoms with E-state index in [1.165, 1.54) is 6.07 Å². The number of carbonyl (C=O) groups is 2. The first kappa shape index (κ1) is 20.8. The predicted molar refractivity (Wildman–Crippen MR) is 117 cm³/mol. The molecule has 1 fully saturated rings. The first-order valence-electron chi connectivity index (χ1n) is 10.5. The molecule has 5 heteroatoms. The van der Waals surface area contributed by atoms with Gasteiger partial charge in [0.05, 0.1) is 12.0 Å². The zero-order valence-electron chi connectivity index (χ0n) is 17.2. The molecule has 0 unspecified atom stereocenters. The van der Waals surface area contributed by atoms with Crippen LogP contribution in [0.3, 0.4) is 0 Å². The fraction of sp³-hybridized carbons (Fsp3) is 0.231. The monoisotopic (exact) mass is 416 g/mol. The van der Waals surface area contributed by atoms with Crippen LogP contribution in [-0.4, -0.2) is 23.3 Å². The Balaban J connectivity index is 1.45. The highest BCUT2D eigenvalue weighted by molar-refractivity contribution is 5.89. The van der Waals surface area contributed by atoms with Gasteiger partial charge in [-0.1, -0.05) is 78.9 Å². The van der Waals surface area contributed by atoms with Crippen molar-refractivity contribution in [3.8, 4) is 0 Å². The van der Waals surface area contributed by atoms with Crippen molar-refractivity contribution >= 4 is 11.8 Å². The maximum Gasteiger partial charge on any atom is 0.225 e. The van der Waals surface area contributed by atoms with Gasteiger partial charge in [0.1, 0.15) is 5.82 Å². The average Bonchev–Trinajstić information content (AvgIpc) is 3.16. The molecule has 1 saturated heterocycles. The Kier molecular flexibility index (Phi) is 6.41. The number of hydrogen-bond donors (Lipinski definition) is 1. The van der Waals surface area contributed by atoms with E-state index in [0.29, 0.717) is 18.5 Å².